The van der Waals surface area contributed by atoms with E-state index in [2.05, 4.69) is 5.32 Å². The van der Waals surface area contributed by atoms with E-state index in [1.165, 1.54) is 0 Å². The number of ether oxygens (including phenoxy) is 3. The summed E-state index contributed by atoms with van der Waals surface area (Å²) in [6.07, 6.45) is 1.68. The van der Waals surface area contributed by atoms with Gasteiger partial charge in [0.25, 0.3) is 0 Å². The summed E-state index contributed by atoms with van der Waals surface area (Å²) in [4.78, 5) is 0. The van der Waals surface area contributed by atoms with Crippen LogP contribution >= 0.6 is 0 Å². The van der Waals surface area contributed by atoms with E-state index >= 15 is 0 Å². The first-order valence-electron chi connectivity index (χ1n) is 6.67. The molecule has 0 aliphatic rings. The second-order valence-corrected chi connectivity index (χ2v) is 4.64. The molecule has 5 heteroatoms. The van der Waals surface area contributed by atoms with Crippen LogP contribution in [0.15, 0.2) is 28.9 Å². The summed E-state index contributed by atoms with van der Waals surface area (Å²) in [7, 11) is 6.73. The number of hydrogen-bond donors (Lipinski definition) is 1. The molecule has 0 bridgehead atoms. The third kappa shape index (κ3) is 2.83. The van der Waals surface area contributed by atoms with Gasteiger partial charge in [0.15, 0.2) is 0 Å². The zero-order valence-electron chi connectivity index (χ0n) is 13.0. The van der Waals surface area contributed by atoms with Crippen LogP contribution in [0.5, 0.6) is 17.2 Å². The lowest BCUT2D eigenvalue weighted by Crippen LogP contribution is -2.19. The van der Waals surface area contributed by atoms with Gasteiger partial charge >= 0.3 is 0 Å². The second-order valence-electron chi connectivity index (χ2n) is 4.64. The lowest BCUT2D eigenvalue weighted by molar-refractivity contribution is 0.357. The van der Waals surface area contributed by atoms with Crippen LogP contribution in [-0.2, 0) is 0 Å². The SMILES string of the molecule is CNC(c1occc1C)c1c(OC)cc(OC)cc1OC. The van der Waals surface area contributed by atoms with Gasteiger partial charge in [-0.1, -0.05) is 0 Å². The fourth-order valence-electron chi connectivity index (χ4n) is 2.40. The van der Waals surface area contributed by atoms with Crippen LogP contribution in [0.4, 0.5) is 0 Å². The van der Waals surface area contributed by atoms with Crippen molar-refractivity contribution in [1.29, 1.82) is 0 Å². The van der Waals surface area contributed by atoms with Gasteiger partial charge in [0.2, 0.25) is 0 Å². The molecule has 2 aromatic rings. The normalized spacial score (nSPS) is 12.0. The van der Waals surface area contributed by atoms with E-state index in [-0.39, 0.29) is 6.04 Å². The third-order valence-corrected chi connectivity index (χ3v) is 3.49. The Kier molecular flexibility index (Phi) is 4.75. The third-order valence-electron chi connectivity index (χ3n) is 3.49. The summed E-state index contributed by atoms with van der Waals surface area (Å²) in [5.41, 5.74) is 1.94. The summed E-state index contributed by atoms with van der Waals surface area (Å²) in [5.74, 6) is 2.88. The molecule has 0 amide bonds. The molecule has 1 aromatic carbocycles. The lowest BCUT2D eigenvalue weighted by Gasteiger charge is -2.22. The Bertz CT molecular complexity index is 581. The molecule has 0 saturated heterocycles. The van der Waals surface area contributed by atoms with E-state index in [1.807, 2.05) is 32.2 Å². The number of nitrogens with one attached hydrogen (secondary N) is 1. The van der Waals surface area contributed by atoms with E-state index in [0.29, 0.717) is 17.2 Å². The van der Waals surface area contributed by atoms with Gasteiger partial charge in [0, 0.05) is 12.1 Å². The zero-order chi connectivity index (χ0) is 15.4. The first-order chi connectivity index (χ1) is 10.2. The van der Waals surface area contributed by atoms with Crippen molar-refractivity contribution >= 4 is 0 Å². The minimum absolute atomic E-state index is 0.171. The molecule has 0 aliphatic heterocycles. The first-order valence-corrected chi connectivity index (χ1v) is 6.67. The minimum Gasteiger partial charge on any atom is -0.496 e. The smallest absolute Gasteiger partial charge is 0.131 e. The topological polar surface area (TPSA) is 52.9 Å². The van der Waals surface area contributed by atoms with Gasteiger partial charge in [0.1, 0.15) is 23.0 Å². The van der Waals surface area contributed by atoms with Crippen molar-refractivity contribution in [3.8, 4) is 17.2 Å². The Balaban J connectivity index is 2.62. The summed E-state index contributed by atoms with van der Waals surface area (Å²) in [6, 6.07) is 5.43. The van der Waals surface area contributed by atoms with E-state index in [0.717, 1.165) is 16.9 Å². The Morgan fingerprint density at radius 2 is 1.67 bits per heavy atom. The van der Waals surface area contributed by atoms with Crippen LogP contribution in [0, 0.1) is 6.92 Å². The molecule has 0 spiro atoms. The molecule has 0 saturated carbocycles. The molecule has 0 fully saturated rings. The standard InChI is InChI=1S/C16H21NO4/c1-10-6-7-21-16(10)15(17-2)14-12(19-4)8-11(18-3)9-13(14)20-5/h6-9,15,17H,1-5H3. The fraction of sp³-hybridized carbons (Fsp3) is 0.375. The molecule has 1 atom stereocenters. The quantitative estimate of drug-likeness (QED) is 0.887. The number of benzene rings is 1. The van der Waals surface area contributed by atoms with Gasteiger partial charge in [-0.05, 0) is 25.6 Å². The van der Waals surface area contributed by atoms with Crippen molar-refractivity contribution in [3.63, 3.8) is 0 Å². The van der Waals surface area contributed by atoms with Gasteiger partial charge in [-0.15, -0.1) is 0 Å². The van der Waals surface area contributed by atoms with Gasteiger partial charge in [-0.3, -0.25) is 0 Å². The fourth-order valence-corrected chi connectivity index (χ4v) is 2.40. The number of furan rings is 1. The molecule has 2 rings (SSSR count). The average Bonchev–Trinajstić information content (AvgIpc) is 2.94. The number of rotatable bonds is 6. The molecule has 1 N–H and O–H groups in total. The number of hydrogen-bond acceptors (Lipinski definition) is 5. The highest BCUT2D eigenvalue weighted by atomic mass is 16.5. The highest BCUT2D eigenvalue weighted by Gasteiger charge is 2.26. The number of aryl methyl sites for hydroxylation is 1. The second kappa shape index (κ2) is 6.54. The Morgan fingerprint density at radius 3 is 2.05 bits per heavy atom. The molecule has 0 radical (unpaired) electrons. The van der Waals surface area contributed by atoms with Crippen LogP contribution < -0.4 is 19.5 Å². The molecule has 21 heavy (non-hydrogen) atoms. The maximum Gasteiger partial charge on any atom is 0.131 e. The summed E-state index contributed by atoms with van der Waals surface area (Å²) in [5, 5.41) is 3.25. The van der Waals surface area contributed by atoms with Crippen LogP contribution in [0.25, 0.3) is 0 Å². The molecule has 1 heterocycles. The maximum atomic E-state index is 5.62. The maximum absolute atomic E-state index is 5.62. The molecular weight excluding hydrogens is 270 g/mol. The summed E-state index contributed by atoms with van der Waals surface area (Å²) < 4.78 is 21.9. The molecule has 1 aromatic heterocycles. The van der Waals surface area contributed by atoms with Gasteiger partial charge in [-0.2, -0.15) is 0 Å². The molecular formula is C16H21NO4. The van der Waals surface area contributed by atoms with E-state index in [4.69, 9.17) is 18.6 Å². The minimum atomic E-state index is -0.171. The van der Waals surface area contributed by atoms with E-state index in [1.54, 1.807) is 27.6 Å². The lowest BCUT2D eigenvalue weighted by atomic mass is 9.99. The molecule has 1 unspecified atom stereocenters. The molecule has 5 nitrogen and oxygen atoms in total. The number of methoxy groups -OCH3 is 3. The van der Waals surface area contributed by atoms with Crippen molar-refractivity contribution in [2.45, 2.75) is 13.0 Å². The predicted octanol–water partition coefficient (Wildman–Crippen LogP) is 2.92. The predicted molar refractivity (Wildman–Crippen MR) is 80.4 cm³/mol. The van der Waals surface area contributed by atoms with Crippen LogP contribution in [0.3, 0.4) is 0 Å². The monoisotopic (exact) mass is 291 g/mol. The Morgan fingerprint density at radius 1 is 1.05 bits per heavy atom. The average molecular weight is 291 g/mol. The van der Waals surface area contributed by atoms with Gasteiger partial charge in [-0.25, -0.2) is 0 Å². The van der Waals surface area contributed by atoms with Crippen molar-refractivity contribution < 1.29 is 18.6 Å². The largest absolute Gasteiger partial charge is 0.496 e. The summed E-state index contributed by atoms with van der Waals surface area (Å²) >= 11 is 0. The van der Waals surface area contributed by atoms with Crippen molar-refractivity contribution in [3.05, 3.63) is 41.3 Å². The van der Waals surface area contributed by atoms with Crippen molar-refractivity contribution in [1.82, 2.24) is 5.32 Å². The highest BCUT2D eigenvalue weighted by Crippen LogP contribution is 2.41. The summed E-state index contributed by atoms with van der Waals surface area (Å²) in [6.45, 7) is 2.01. The van der Waals surface area contributed by atoms with E-state index < -0.39 is 0 Å². The zero-order valence-corrected chi connectivity index (χ0v) is 13.0. The molecule has 114 valence electrons. The van der Waals surface area contributed by atoms with Crippen LogP contribution in [0.2, 0.25) is 0 Å². The van der Waals surface area contributed by atoms with Crippen LogP contribution in [-0.4, -0.2) is 28.4 Å². The van der Waals surface area contributed by atoms with Gasteiger partial charge in [0.05, 0.1) is 39.2 Å². The van der Waals surface area contributed by atoms with Crippen molar-refractivity contribution in [2.24, 2.45) is 0 Å². The first kappa shape index (κ1) is 15.3. The highest BCUT2D eigenvalue weighted by molar-refractivity contribution is 5.54. The Hall–Kier alpha value is -2.14. The van der Waals surface area contributed by atoms with Crippen LogP contribution in [0.1, 0.15) is 22.9 Å². The molecule has 0 aliphatic carbocycles. The van der Waals surface area contributed by atoms with Crippen molar-refractivity contribution in [2.75, 3.05) is 28.4 Å². The Labute approximate surface area is 124 Å². The van der Waals surface area contributed by atoms with E-state index in [9.17, 15) is 0 Å². The van der Waals surface area contributed by atoms with Gasteiger partial charge < -0.3 is 23.9 Å².